The average molecular weight is 295 g/mol. The van der Waals surface area contributed by atoms with E-state index in [1.165, 1.54) is 19.2 Å². The number of ether oxygens (including phenoxy) is 2. The number of likely N-dealkylation sites (tertiary alicyclic amines) is 1. The van der Waals surface area contributed by atoms with Crippen molar-refractivity contribution in [1.29, 1.82) is 0 Å². The lowest BCUT2D eigenvalue weighted by Gasteiger charge is -2.31. The maximum atomic E-state index is 12.8. The van der Waals surface area contributed by atoms with E-state index in [-0.39, 0.29) is 18.3 Å². The van der Waals surface area contributed by atoms with Gasteiger partial charge in [0.1, 0.15) is 18.2 Å². The third kappa shape index (κ3) is 5.01. The molecule has 1 heterocycles. The van der Waals surface area contributed by atoms with Gasteiger partial charge in [0.05, 0.1) is 6.61 Å². The van der Waals surface area contributed by atoms with Gasteiger partial charge in [0.25, 0.3) is 0 Å². The van der Waals surface area contributed by atoms with Crippen molar-refractivity contribution in [2.24, 2.45) is 5.92 Å². The van der Waals surface area contributed by atoms with Crippen LogP contribution >= 0.6 is 0 Å². The fraction of sp³-hybridized carbons (Fsp3) is 0.562. The molecule has 1 saturated heterocycles. The van der Waals surface area contributed by atoms with Crippen LogP contribution < -0.4 is 4.74 Å². The van der Waals surface area contributed by atoms with Gasteiger partial charge >= 0.3 is 0 Å². The highest BCUT2D eigenvalue weighted by Crippen LogP contribution is 2.21. The van der Waals surface area contributed by atoms with Crippen LogP contribution in [-0.4, -0.2) is 44.2 Å². The van der Waals surface area contributed by atoms with Crippen molar-refractivity contribution in [3.63, 3.8) is 0 Å². The summed E-state index contributed by atoms with van der Waals surface area (Å²) in [5, 5.41) is 0. The zero-order valence-corrected chi connectivity index (χ0v) is 12.4. The topological polar surface area (TPSA) is 38.8 Å². The molecule has 0 saturated carbocycles. The SMILES string of the molecule is COCC(=O)N1CCC(CCOc2ccc(F)cc2)CC1. The summed E-state index contributed by atoms with van der Waals surface area (Å²) in [4.78, 5) is 13.5. The van der Waals surface area contributed by atoms with Crippen LogP contribution in [0.4, 0.5) is 4.39 Å². The molecule has 1 fully saturated rings. The summed E-state index contributed by atoms with van der Waals surface area (Å²) in [6.07, 6.45) is 2.97. The quantitative estimate of drug-likeness (QED) is 0.809. The summed E-state index contributed by atoms with van der Waals surface area (Å²) in [7, 11) is 1.54. The summed E-state index contributed by atoms with van der Waals surface area (Å²) in [5.74, 6) is 1.09. The van der Waals surface area contributed by atoms with E-state index in [9.17, 15) is 9.18 Å². The lowest BCUT2D eigenvalue weighted by molar-refractivity contribution is -0.136. The Balaban J connectivity index is 1.65. The van der Waals surface area contributed by atoms with E-state index in [1.807, 2.05) is 4.90 Å². The summed E-state index contributed by atoms with van der Waals surface area (Å²) < 4.78 is 23.2. The van der Waals surface area contributed by atoms with E-state index in [0.717, 1.165) is 32.4 Å². The summed E-state index contributed by atoms with van der Waals surface area (Å²) in [6.45, 7) is 2.38. The van der Waals surface area contributed by atoms with Crippen LogP contribution in [0.15, 0.2) is 24.3 Å². The van der Waals surface area contributed by atoms with E-state index in [0.29, 0.717) is 18.3 Å². The third-order valence-corrected chi connectivity index (χ3v) is 3.84. The Kier molecular flexibility index (Phi) is 5.99. The number of halogens is 1. The fourth-order valence-corrected chi connectivity index (χ4v) is 2.56. The van der Waals surface area contributed by atoms with Crippen molar-refractivity contribution in [2.45, 2.75) is 19.3 Å². The summed E-state index contributed by atoms with van der Waals surface area (Å²) in [5.41, 5.74) is 0. The number of carbonyl (C=O) groups excluding carboxylic acids is 1. The third-order valence-electron chi connectivity index (χ3n) is 3.84. The van der Waals surface area contributed by atoms with E-state index in [4.69, 9.17) is 9.47 Å². The van der Waals surface area contributed by atoms with Gasteiger partial charge in [0.15, 0.2) is 0 Å². The van der Waals surface area contributed by atoms with Crippen molar-refractivity contribution in [1.82, 2.24) is 4.90 Å². The monoisotopic (exact) mass is 295 g/mol. The van der Waals surface area contributed by atoms with Crippen molar-refractivity contribution < 1.29 is 18.7 Å². The minimum atomic E-state index is -0.254. The molecule has 1 amide bonds. The molecule has 4 nitrogen and oxygen atoms in total. The van der Waals surface area contributed by atoms with E-state index in [1.54, 1.807) is 12.1 Å². The van der Waals surface area contributed by atoms with Crippen LogP contribution in [0.1, 0.15) is 19.3 Å². The maximum Gasteiger partial charge on any atom is 0.248 e. The van der Waals surface area contributed by atoms with Gasteiger partial charge in [-0.1, -0.05) is 0 Å². The number of amides is 1. The number of hydrogen-bond donors (Lipinski definition) is 0. The molecule has 1 aromatic carbocycles. The van der Waals surface area contributed by atoms with Gasteiger partial charge in [0.2, 0.25) is 5.91 Å². The number of rotatable bonds is 6. The largest absolute Gasteiger partial charge is 0.494 e. The highest BCUT2D eigenvalue weighted by atomic mass is 19.1. The van der Waals surface area contributed by atoms with Crippen molar-refractivity contribution in [2.75, 3.05) is 33.4 Å². The van der Waals surface area contributed by atoms with Crippen LogP contribution in [0.5, 0.6) is 5.75 Å². The highest BCUT2D eigenvalue weighted by Gasteiger charge is 2.22. The fourth-order valence-electron chi connectivity index (χ4n) is 2.56. The molecule has 5 heteroatoms. The number of nitrogens with zero attached hydrogens (tertiary/aromatic N) is 1. The second kappa shape index (κ2) is 7.98. The van der Waals surface area contributed by atoms with Gasteiger partial charge in [-0.2, -0.15) is 0 Å². The highest BCUT2D eigenvalue weighted by molar-refractivity contribution is 5.77. The minimum absolute atomic E-state index is 0.0681. The number of hydrogen-bond acceptors (Lipinski definition) is 3. The first-order chi connectivity index (χ1) is 10.2. The molecule has 116 valence electrons. The molecule has 0 aromatic heterocycles. The molecule has 21 heavy (non-hydrogen) atoms. The van der Waals surface area contributed by atoms with Gasteiger partial charge in [-0.05, 0) is 49.4 Å². The summed E-state index contributed by atoms with van der Waals surface area (Å²) >= 11 is 0. The van der Waals surface area contributed by atoms with Crippen LogP contribution in [0.3, 0.4) is 0 Å². The molecule has 0 unspecified atom stereocenters. The number of methoxy groups -OCH3 is 1. The molecule has 0 bridgehead atoms. The van der Waals surface area contributed by atoms with Crippen molar-refractivity contribution in [3.05, 3.63) is 30.1 Å². The first kappa shape index (κ1) is 15.8. The molecule has 1 aliphatic rings. The van der Waals surface area contributed by atoms with Gasteiger partial charge in [0, 0.05) is 20.2 Å². The van der Waals surface area contributed by atoms with E-state index < -0.39 is 0 Å². The van der Waals surface area contributed by atoms with Crippen molar-refractivity contribution in [3.8, 4) is 5.75 Å². The van der Waals surface area contributed by atoms with Crippen molar-refractivity contribution >= 4 is 5.91 Å². The Morgan fingerprint density at radius 1 is 1.29 bits per heavy atom. The number of piperidine rings is 1. The average Bonchev–Trinajstić information content (AvgIpc) is 2.50. The Morgan fingerprint density at radius 2 is 1.95 bits per heavy atom. The Morgan fingerprint density at radius 3 is 2.57 bits per heavy atom. The molecule has 0 spiro atoms. The molecular formula is C16H22FNO3. The second-order valence-electron chi connectivity index (χ2n) is 5.35. The molecule has 0 atom stereocenters. The maximum absolute atomic E-state index is 12.8. The van der Waals surface area contributed by atoms with Gasteiger partial charge in [-0.15, -0.1) is 0 Å². The second-order valence-corrected chi connectivity index (χ2v) is 5.35. The molecule has 1 aliphatic heterocycles. The number of carbonyl (C=O) groups is 1. The first-order valence-corrected chi connectivity index (χ1v) is 7.34. The minimum Gasteiger partial charge on any atom is -0.494 e. The molecule has 0 radical (unpaired) electrons. The lowest BCUT2D eigenvalue weighted by Crippen LogP contribution is -2.40. The predicted octanol–water partition coefficient (Wildman–Crippen LogP) is 2.48. The van der Waals surface area contributed by atoms with Crippen LogP contribution in [-0.2, 0) is 9.53 Å². The smallest absolute Gasteiger partial charge is 0.248 e. The summed E-state index contributed by atoms with van der Waals surface area (Å²) in [6, 6.07) is 6.08. The molecular weight excluding hydrogens is 273 g/mol. The van der Waals surface area contributed by atoms with Crippen LogP contribution in [0.25, 0.3) is 0 Å². The lowest BCUT2D eigenvalue weighted by atomic mass is 9.94. The number of benzene rings is 1. The van der Waals surface area contributed by atoms with Gasteiger partial charge in [-0.3, -0.25) is 4.79 Å². The first-order valence-electron chi connectivity index (χ1n) is 7.34. The molecule has 1 aromatic rings. The normalized spacial score (nSPS) is 16.0. The van der Waals surface area contributed by atoms with E-state index in [2.05, 4.69) is 0 Å². The predicted molar refractivity (Wildman–Crippen MR) is 77.7 cm³/mol. The standard InChI is InChI=1S/C16H22FNO3/c1-20-12-16(19)18-9-6-13(7-10-18)8-11-21-15-4-2-14(17)3-5-15/h2-5,13H,6-12H2,1H3. The Bertz CT molecular complexity index is 441. The van der Waals surface area contributed by atoms with E-state index >= 15 is 0 Å². The Hall–Kier alpha value is -1.62. The van der Waals surface area contributed by atoms with Gasteiger partial charge < -0.3 is 14.4 Å². The molecule has 2 rings (SSSR count). The zero-order valence-electron chi connectivity index (χ0n) is 12.4. The molecule has 0 aliphatic carbocycles. The van der Waals surface area contributed by atoms with Gasteiger partial charge in [-0.25, -0.2) is 4.39 Å². The Labute approximate surface area is 124 Å². The van der Waals surface area contributed by atoms with Crippen LogP contribution in [0, 0.1) is 11.7 Å². The zero-order chi connectivity index (χ0) is 15.1. The van der Waals surface area contributed by atoms with Crippen LogP contribution in [0.2, 0.25) is 0 Å². The molecule has 0 N–H and O–H groups in total.